The van der Waals surface area contributed by atoms with Gasteiger partial charge in [0.05, 0.1) is 25.0 Å². The van der Waals surface area contributed by atoms with Crippen molar-refractivity contribution in [3.63, 3.8) is 0 Å². The maximum atomic E-state index is 12.8. The molecular formula is C24H26N2O4. The Balaban J connectivity index is 1.63. The Morgan fingerprint density at radius 3 is 2.63 bits per heavy atom. The molecule has 2 amide bonds. The molecule has 3 rings (SSSR count). The summed E-state index contributed by atoms with van der Waals surface area (Å²) in [4.78, 5) is 25.2. The highest BCUT2D eigenvalue weighted by atomic mass is 16.5. The van der Waals surface area contributed by atoms with E-state index >= 15 is 0 Å². The van der Waals surface area contributed by atoms with Crippen LogP contribution in [0.5, 0.6) is 5.75 Å². The van der Waals surface area contributed by atoms with E-state index < -0.39 is 0 Å². The fourth-order valence-corrected chi connectivity index (χ4v) is 2.93. The standard InChI is InChI=1S/C24H26N2O4/c1-2-3-6-14-30-22-13-5-4-12-21(22)24(28)26-19-10-7-9-18(16-19)23(27)25-17-20-11-8-15-29-20/h4-5,7-13,15-16H,2-3,6,14,17H2,1H3,(H,25,27)(H,26,28). The lowest BCUT2D eigenvalue weighted by Crippen LogP contribution is -2.22. The van der Waals surface area contributed by atoms with E-state index in [1.807, 2.05) is 6.07 Å². The smallest absolute Gasteiger partial charge is 0.259 e. The molecule has 0 unspecified atom stereocenters. The zero-order valence-electron chi connectivity index (χ0n) is 17.0. The lowest BCUT2D eigenvalue weighted by Gasteiger charge is -2.12. The molecule has 0 radical (unpaired) electrons. The number of nitrogens with one attached hydrogen (secondary N) is 2. The third-order valence-electron chi connectivity index (χ3n) is 4.52. The van der Waals surface area contributed by atoms with Gasteiger partial charge in [-0.3, -0.25) is 9.59 Å². The van der Waals surface area contributed by atoms with Gasteiger partial charge in [0.25, 0.3) is 11.8 Å². The van der Waals surface area contributed by atoms with Crippen molar-refractivity contribution < 1.29 is 18.7 Å². The molecule has 1 heterocycles. The quantitative estimate of drug-likeness (QED) is 0.463. The van der Waals surface area contributed by atoms with Gasteiger partial charge in [-0.25, -0.2) is 0 Å². The largest absolute Gasteiger partial charge is 0.493 e. The zero-order valence-corrected chi connectivity index (χ0v) is 17.0. The van der Waals surface area contributed by atoms with Crippen molar-refractivity contribution in [1.29, 1.82) is 0 Å². The number of benzene rings is 2. The highest BCUT2D eigenvalue weighted by Gasteiger charge is 2.14. The van der Waals surface area contributed by atoms with Crippen LogP contribution in [0.1, 0.15) is 52.7 Å². The molecule has 0 atom stereocenters. The number of carbonyl (C=O) groups is 2. The number of amides is 2. The molecule has 156 valence electrons. The summed E-state index contributed by atoms with van der Waals surface area (Å²) in [6.45, 7) is 3.00. The number of hydrogen-bond donors (Lipinski definition) is 2. The minimum Gasteiger partial charge on any atom is -0.493 e. The molecule has 0 aliphatic carbocycles. The summed E-state index contributed by atoms with van der Waals surface area (Å²) in [7, 11) is 0. The van der Waals surface area contributed by atoms with Gasteiger partial charge in [-0.1, -0.05) is 38.0 Å². The molecule has 6 heteroatoms. The molecule has 0 saturated heterocycles. The Labute approximate surface area is 176 Å². The van der Waals surface area contributed by atoms with Crippen molar-refractivity contribution in [3.05, 3.63) is 83.8 Å². The number of ether oxygens (including phenoxy) is 1. The van der Waals surface area contributed by atoms with Gasteiger partial charge in [0.1, 0.15) is 11.5 Å². The molecular weight excluding hydrogens is 380 g/mol. The minimum absolute atomic E-state index is 0.248. The molecule has 0 aliphatic rings. The second kappa shape index (κ2) is 10.9. The average molecular weight is 406 g/mol. The first kappa shape index (κ1) is 21.2. The van der Waals surface area contributed by atoms with E-state index in [4.69, 9.17) is 9.15 Å². The third-order valence-corrected chi connectivity index (χ3v) is 4.52. The summed E-state index contributed by atoms with van der Waals surface area (Å²) in [5.74, 6) is 0.693. The first-order valence-electron chi connectivity index (χ1n) is 10.1. The van der Waals surface area contributed by atoms with Crippen molar-refractivity contribution >= 4 is 17.5 Å². The van der Waals surface area contributed by atoms with Crippen molar-refractivity contribution in [3.8, 4) is 5.75 Å². The van der Waals surface area contributed by atoms with Crippen molar-refractivity contribution in [1.82, 2.24) is 5.32 Å². The van der Waals surface area contributed by atoms with Crippen LogP contribution in [0.25, 0.3) is 0 Å². The summed E-state index contributed by atoms with van der Waals surface area (Å²) >= 11 is 0. The summed E-state index contributed by atoms with van der Waals surface area (Å²) < 4.78 is 11.0. The van der Waals surface area contributed by atoms with Gasteiger partial charge < -0.3 is 19.8 Å². The number of anilines is 1. The van der Waals surface area contributed by atoms with E-state index in [1.54, 1.807) is 60.9 Å². The number of unbranched alkanes of at least 4 members (excludes halogenated alkanes) is 2. The molecule has 0 aliphatic heterocycles. The van der Waals surface area contributed by atoms with Crippen LogP contribution in [-0.4, -0.2) is 18.4 Å². The molecule has 3 aromatic rings. The predicted molar refractivity (Wildman–Crippen MR) is 116 cm³/mol. The molecule has 2 N–H and O–H groups in total. The van der Waals surface area contributed by atoms with Gasteiger partial charge >= 0.3 is 0 Å². The molecule has 30 heavy (non-hydrogen) atoms. The summed E-state index contributed by atoms with van der Waals surface area (Å²) in [6.07, 6.45) is 4.70. The van der Waals surface area contributed by atoms with Gasteiger partial charge in [-0.15, -0.1) is 0 Å². The van der Waals surface area contributed by atoms with Crippen molar-refractivity contribution in [2.45, 2.75) is 32.7 Å². The SMILES string of the molecule is CCCCCOc1ccccc1C(=O)Nc1cccc(C(=O)NCc2ccco2)c1. The van der Waals surface area contributed by atoms with Crippen LogP contribution in [0.3, 0.4) is 0 Å². The third kappa shape index (κ3) is 5.98. The van der Waals surface area contributed by atoms with Gasteiger partial charge in [0.15, 0.2) is 0 Å². The normalized spacial score (nSPS) is 10.4. The topological polar surface area (TPSA) is 80.6 Å². The summed E-state index contributed by atoms with van der Waals surface area (Å²) in [5.41, 5.74) is 1.44. The van der Waals surface area contributed by atoms with Crippen LogP contribution in [0, 0.1) is 0 Å². The van der Waals surface area contributed by atoms with Crippen molar-refractivity contribution in [2.24, 2.45) is 0 Å². The van der Waals surface area contributed by atoms with E-state index in [0.717, 1.165) is 19.3 Å². The van der Waals surface area contributed by atoms with Crippen molar-refractivity contribution in [2.75, 3.05) is 11.9 Å². The second-order valence-corrected chi connectivity index (χ2v) is 6.85. The number of para-hydroxylation sites is 1. The molecule has 0 fully saturated rings. The van der Waals surface area contributed by atoms with E-state index in [9.17, 15) is 9.59 Å². The van der Waals surface area contributed by atoms with Gasteiger partial charge in [-0.05, 0) is 48.9 Å². The van der Waals surface area contributed by atoms with Crippen LogP contribution in [0.2, 0.25) is 0 Å². The Hall–Kier alpha value is -3.54. The Morgan fingerprint density at radius 2 is 1.83 bits per heavy atom. The van der Waals surface area contributed by atoms with E-state index in [1.165, 1.54) is 0 Å². The number of hydrogen-bond acceptors (Lipinski definition) is 4. The lowest BCUT2D eigenvalue weighted by atomic mass is 10.1. The Bertz CT molecular complexity index is 967. The molecule has 0 saturated carbocycles. The Kier molecular flexibility index (Phi) is 7.66. The fourth-order valence-electron chi connectivity index (χ4n) is 2.93. The first-order valence-corrected chi connectivity index (χ1v) is 10.1. The minimum atomic E-state index is -0.283. The predicted octanol–water partition coefficient (Wildman–Crippen LogP) is 5.03. The summed E-state index contributed by atoms with van der Waals surface area (Å²) in [5, 5.41) is 5.64. The van der Waals surface area contributed by atoms with E-state index in [-0.39, 0.29) is 11.8 Å². The van der Waals surface area contributed by atoms with E-state index in [0.29, 0.717) is 41.5 Å². The Morgan fingerprint density at radius 1 is 0.967 bits per heavy atom. The monoisotopic (exact) mass is 406 g/mol. The number of carbonyl (C=O) groups excluding carboxylic acids is 2. The molecule has 6 nitrogen and oxygen atoms in total. The highest BCUT2D eigenvalue weighted by molar-refractivity contribution is 6.06. The average Bonchev–Trinajstić information content (AvgIpc) is 3.29. The number of furan rings is 1. The fraction of sp³-hybridized carbons (Fsp3) is 0.250. The maximum absolute atomic E-state index is 12.8. The zero-order chi connectivity index (χ0) is 21.2. The van der Waals surface area contributed by atoms with Crippen LogP contribution in [-0.2, 0) is 6.54 Å². The second-order valence-electron chi connectivity index (χ2n) is 6.85. The maximum Gasteiger partial charge on any atom is 0.259 e. The van der Waals surface area contributed by atoms with Gasteiger partial charge in [-0.2, -0.15) is 0 Å². The first-order chi connectivity index (χ1) is 14.7. The van der Waals surface area contributed by atoms with Gasteiger partial charge in [0.2, 0.25) is 0 Å². The van der Waals surface area contributed by atoms with E-state index in [2.05, 4.69) is 17.6 Å². The van der Waals surface area contributed by atoms with Crippen LogP contribution in [0.4, 0.5) is 5.69 Å². The highest BCUT2D eigenvalue weighted by Crippen LogP contribution is 2.21. The van der Waals surface area contributed by atoms with Gasteiger partial charge in [0, 0.05) is 11.3 Å². The van der Waals surface area contributed by atoms with Crippen LogP contribution in [0.15, 0.2) is 71.3 Å². The van der Waals surface area contributed by atoms with Crippen LogP contribution >= 0.6 is 0 Å². The molecule has 1 aromatic heterocycles. The number of rotatable bonds is 10. The van der Waals surface area contributed by atoms with Crippen LogP contribution < -0.4 is 15.4 Å². The summed E-state index contributed by atoms with van der Waals surface area (Å²) in [6, 6.07) is 17.5. The lowest BCUT2D eigenvalue weighted by molar-refractivity contribution is 0.0946. The molecule has 0 spiro atoms. The molecule has 0 bridgehead atoms. The molecule has 2 aromatic carbocycles.